The molecule has 0 heterocycles. The van der Waals surface area contributed by atoms with Gasteiger partial charge in [-0.25, -0.2) is 9.59 Å². The van der Waals surface area contributed by atoms with Crippen molar-refractivity contribution in [1.82, 2.24) is 0 Å². The second kappa shape index (κ2) is 15.6. The highest BCUT2D eigenvalue weighted by atomic mass is 16.5. The Hall–Kier alpha value is -4.74. The maximum absolute atomic E-state index is 12.2. The first-order valence-corrected chi connectivity index (χ1v) is 12.7. The smallest absolute Gasteiger partial charge is 0.339 e. The number of esters is 2. The first-order valence-electron chi connectivity index (χ1n) is 12.7. The van der Waals surface area contributed by atoms with Crippen LogP contribution in [0.25, 0.3) is 0 Å². The van der Waals surface area contributed by atoms with Crippen LogP contribution >= 0.6 is 0 Å². The van der Waals surface area contributed by atoms with Crippen molar-refractivity contribution in [2.45, 2.75) is 65.2 Å². The average Bonchev–Trinajstić information content (AvgIpc) is 2.86. The van der Waals surface area contributed by atoms with Gasteiger partial charge in [0.05, 0.1) is 0 Å². The van der Waals surface area contributed by atoms with Crippen molar-refractivity contribution in [2.24, 2.45) is 0 Å². The lowest BCUT2D eigenvalue weighted by atomic mass is 10.1. The molecule has 0 aliphatic heterocycles. The highest BCUT2D eigenvalue weighted by Crippen LogP contribution is 2.25. The van der Waals surface area contributed by atoms with Gasteiger partial charge in [-0.2, -0.15) is 0 Å². The normalized spacial score (nSPS) is 10.3. The Morgan fingerprint density at radius 1 is 0.600 bits per heavy atom. The van der Waals surface area contributed by atoms with Crippen LogP contribution in [-0.4, -0.2) is 45.9 Å². The molecule has 2 aromatic carbocycles. The molecule has 0 aliphatic carbocycles. The number of amides is 2. The molecular formula is C28H32N2O10. The summed E-state index contributed by atoms with van der Waals surface area (Å²) >= 11 is 0. The lowest BCUT2D eigenvalue weighted by Gasteiger charge is -2.10. The summed E-state index contributed by atoms with van der Waals surface area (Å²) in [7, 11) is 0. The summed E-state index contributed by atoms with van der Waals surface area (Å²) in [4.78, 5) is 69.4. The number of rotatable bonds is 15. The number of anilines is 2. The Morgan fingerprint density at radius 2 is 0.950 bits per heavy atom. The van der Waals surface area contributed by atoms with Gasteiger partial charge in [0.15, 0.2) is 0 Å². The first-order chi connectivity index (χ1) is 19.0. The second-order valence-electron chi connectivity index (χ2n) is 8.94. The van der Waals surface area contributed by atoms with Crippen LogP contribution < -0.4 is 20.1 Å². The van der Waals surface area contributed by atoms with Gasteiger partial charge in [0, 0.05) is 38.1 Å². The maximum Gasteiger partial charge on any atom is 0.339 e. The van der Waals surface area contributed by atoms with Crippen LogP contribution in [0.1, 0.15) is 85.9 Å². The van der Waals surface area contributed by atoms with Gasteiger partial charge in [-0.05, 0) is 49.2 Å². The van der Waals surface area contributed by atoms with E-state index >= 15 is 0 Å². The maximum atomic E-state index is 12.2. The van der Waals surface area contributed by atoms with Crippen LogP contribution in [-0.2, 0) is 19.2 Å². The van der Waals surface area contributed by atoms with E-state index in [9.17, 15) is 39.0 Å². The highest BCUT2D eigenvalue weighted by molar-refractivity contribution is 5.97. The van der Waals surface area contributed by atoms with Crippen molar-refractivity contribution in [3.63, 3.8) is 0 Å². The lowest BCUT2D eigenvalue weighted by molar-refractivity contribution is -0.132. The van der Waals surface area contributed by atoms with Crippen molar-refractivity contribution in [3.8, 4) is 11.5 Å². The molecule has 0 aromatic heterocycles. The van der Waals surface area contributed by atoms with Gasteiger partial charge in [0.1, 0.15) is 22.6 Å². The van der Waals surface area contributed by atoms with Gasteiger partial charge in [0.25, 0.3) is 0 Å². The fourth-order valence-electron chi connectivity index (χ4n) is 3.76. The number of ether oxygens (including phenoxy) is 2. The average molecular weight is 557 g/mol. The minimum Gasteiger partial charge on any atom is -0.478 e. The quantitative estimate of drug-likeness (QED) is 0.137. The first kappa shape index (κ1) is 31.5. The zero-order valence-electron chi connectivity index (χ0n) is 22.3. The van der Waals surface area contributed by atoms with E-state index in [1.165, 1.54) is 36.4 Å². The number of hydrogen-bond acceptors (Lipinski definition) is 8. The van der Waals surface area contributed by atoms with Crippen molar-refractivity contribution < 1.29 is 48.5 Å². The molecule has 12 nitrogen and oxygen atoms in total. The van der Waals surface area contributed by atoms with Gasteiger partial charge in [-0.1, -0.05) is 25.7 Å². The summed E-state index contributed by atoms with van der Waals surface area (Å²) in [5.41, 5.74) is 0.111. The molecule has 0 saturated carbocycles. The molecule has 0 atom stereocenters. The zero-order chi connectivity index (χ0) is 29.7. The predicted octanol–water partition coefficient (Wildman–Crippen LogP) is 4.63. The van der Waals surface area contributed by atoms with Crippen molar-refractivity contribution in [2.75, 3.05) is 10.6 Å². The molecule has 0 aliphatic rings. The molecule has 0 fully saturated rings. The van der Waals surface area contributed by atoms with Gasteiger partial charge in [0.2, 0.25) is 11.8 Å². The fraction of sp³-hybridized carbons (Fsp3) is 0.357. The SMILES string of the molecule is CC(=O)Oc1ccc(NC(=O)CCCCCCCCC(=O)Nc2ccc(OC(C)=O)c(C(=O)O)c2)cc1C(=O)O. The molecular weight excluding hydrogens is 524 g/mol. The van der Waals surface area contributed by atoms with Crippen LogP contribution in [0.15, 0.2) is 36.4 Å². The molecule has 12 heteroatoms. The van der Waals surface area contributed by atoms with Gasteiger partial charge < -0.3 is 30.3 Å². The summed E-state index contributed by atoms with van der Waals surface area (Å²) < 4.78 is 9.73. The Morgan fingerprint density at radius 3 is 1.27 bits per heavy atom. The molecule has 0 radical (unpaired) electrons. The van der Waals surface area contributed by atoms with Gasteiger partial charge in [-0.3, -0.25) is 19.2 Å². The largest absolute Gasteiger partial charge is 0.478 e. The van der Waals surface area contributed by atoms with E-state index in [2.05, 4.69) is 10.6 Å². The van der Waals surface area contributed by atoms with E-state index in [4.69, 9.17) is 9.47 Å². The van der Waals surface area contributed by atoms with Gasteiger partial charge >= 0.3 is 23.9 Å². The van der Waals surface area contributed by atoms with Crippen molar-refractivity contribution in [3.05, 3.63) is 47.5 Å². The number of carboxylic acids is 2. The number of unbranched alkanes of at least 4 members (excludes halogenated alkanes) is 5. The number of carbonyl (C=O) groups is 6. The molecule has 0 unspecified atom stereocenters. The standard InChI is InChI=1S/C28H32N2O10/c1-17(31)39-23-13-11-19(15-21(23)27(35)36)29-25(33)9-7-5-3-4-6-8-10-26(34)30-20-12-14-24(40-18(2)32)22(16-20)28(37)38/h11-16H,3-10H2,1-2H3,(H,29,33)(H,30,34)(H,35,36)(H,37,38). The lowest BCUT2D eigenvalue weighted by Crippen LogP contribution is -2.13. The van der Waals surface area contributed by atoms with Crippen molar-refractivity contribution in [1.29, 1.82) is 0 Å². The minimum absolute atomic E-state index is 0.0993. The molecule has 0 saturated heterocycles. The second-order valence-corrected chi connectivity index (χ2v) is 8.94. The molecule has 0 bridgehead atoms. The molecule has 2 rings (SSSR count). The molecule has 40 heavy (non-hydrogen) atoms. The van der Waals surface area contributed by atoms with E-state index in [0.29, 0.717) is 12.8 Å². The third kappa shape index (κ3) is 10.9. The van der Waals surface area contributed by atoms with Crippen LogP contribution in [0.3, 0.4) is 0 Å². The Bertz CT molecular complexity index is 1170. The minimum atomic E-state index is -1.29. The third-order valence-electron chi connectivity index (χ3n) is 5.55. The van der Waals surface area contributed by atoms with Crippen LogP contribution in [0, 0.1) is 0 Å². The summed E-state index contributed by atoms with van der Waals surface area (Å²) in [6.07, 6.45) is 5.13. The zero-order valence-corrected chi connectivity index (χ0v) is 22.3. The Kier molecular flexibility index (Phi) is 12.3. The van der Waals surface area contributed by atoms with Crippen LogP contribution in [0.2, 0.25) is 0 Å². The highest BCUT2D eigenvalue weighted by Gasteiger charge is 2.16. The number of nitrogens with one attached hydrogen (secondary N) is 2. The van der Waals surface area contributed by atoms with E-state index in [-0.39, 0.29) is 58.7 Å². The Labute approximate surface area is 230 Å². The van der Waals surface area contributed by atoms with E-state index in [1.807, 2.05) is 0 Å². The van der Waals surface area contributed by atoms with E-state index < -0.39 is 23.9 Å². The number of aromatic carboxylic acids is 2. The molecule has 214 valence electrons. The van der Waals surface area contributed by atoms with Crippen LogP contribution in [0.4, 0.5) is 11.4 Å². The molecule has 0 spiro atoms. The molecule has 4 N–H and O–H groups in total. The summed E-state index contributed by atoms with van der Waals surface area (Å²) in [6.45, 7) is 2.32. The number of carbonyl (C=O) groups excluding carboxylic acids is 4. The third-order valence-corrected chi connectivity index (χ3v) is 5.55. The predicted molar refractivity (Wildman–Crippen MR) is 144 cm³/mol. The molecule has 2 aromatic rings. The number of carboxylic acid groups (broad SMARTS) is 2. The fourth-order valence-corrected chi connectivity index (χ4v) is 3.76. The summed E-state index contributed by atoms with van der Waals surface area (Å²) in [6, 6.07) is 8.02. The van der Waals surface area contributed by atoms with Gasteiger partial charge in [-0.15, -0.1) is 0 Å². The topological polar surface area (TPSA) is 185 Å². The van der Waals surface area contributed by atoms with Crippen molar-refractivity contribution >= 4 is 47.1 Å². The summed E-state index contributed by atoms with van der Waals surface area (Å²) in [5.74, 6) is -4.60. The van der Waals surface area contributed by atoms with Crippen LogP contribution in [0.5, 0.6) is 11.5 Å². The summed E-state index contributed by atoms with van der Waals surface area (Å²) in [5, 5.41) is 23.9. The van der Waals surface area contributed by atoms with E-state index in [0.717, 1.165) is 39.5 Å². The van der Waals surface area contributed by atoms with E-state index in [1.54, 1.807) is 0 Å². The number of benzene rings is 2. The monoisotopic (exact) mass is 556 g/mol. The molecule has 2 amide bonds. The number of hydrogen-bond donors (Lipinski definition) is 4. The Balaban J connectivity index is 1.65.